The zero-order valence-electron chi connectivity index (χ0n) is 10.5. The van der Waals surface area contributed by atoms with Crippen molar-refractivity contribution in [2.75, 3.05) is 0 Å². The average Bonchev–Trinajstić information content (AvgIpc) is 2.47. The number of benzene rings is 1. The number of pyridine rings is 1. The van der Waals surface area contributed by atoms with E-state index in [1.165, 1.54) is 12.3 Å². The Morgan fingerprint density at radius 1 is 1.25 bits per heavy atom. The van der Waals surface area contributed by atoms with E-state index in [2.05, 4.69) is 9.71 Å². The summed E-state index contributed by atoms with van der Waals surface area (Å²) < 4.78 is 40.0. The molecule has 0 aliphatic carbocycles. The van der Waals surface area contributed by atoms with Crippen LogP contribution in [0, 0.1) is 5.82 Å². The van der Waals surface area contributed by atoms with Gasteiger partial charge in [-0.1, -0.05) is 12.1 Å². The summed E-state index contributed by atoms with van der Waals surface area (Å²) in [7, 11) is -3.99. The molecule has 0 saturated carbocycles. The van der Waals surface area contributed by atoms with Crippen LogP contribution in [0.5, 0.6) is 0 Å². The first-order valence-electron chi connectivity index (χ1n) is 5.81. The SMILES string of the molecule is O=S(=O)(NCc1cccnc1)c1cc(CO)ccc1F. The second-order valence-electron chi connectivity index (χ2n) is 4.11. The second kappa shape index (κ2) is 6.08. The molecule has 0 unspecified atom stereocenters. The summed E-state index contributed by atoms with van der Waals surface area (Å²) >= 11 is 0. The van der Waals surface area contributed by atoms with E-state index in [1.54, 1.807) is 18.3 Å². The van der Waals surface area contributed by atoms with Crippen molar-refractivity contribution < 1.29 is 17.9 Å². The molecule has 0 atom stereocenters. The van der Waals surface area contributed by atoms with Gasteiger partial charge in [0, 0.05) is 18.9 Å². The van der Waals surface area contributed by atoms with Crippen LogP contribution in [0.15, 0.2) is 47.6 Å². The van der Waals surface area contributed by atoms with Crippen LogP contribution in [0.2, 0.25) is 0 Å². The average molecular weight is 296 g/mol. The molecular formula is C13H13FN2O3S. The molecule has 0 fully saturated rings. The molecule has 0 saturated heterocycles. The molecular weight excluding hydrogens is 283 g/mol. The summed E-state index contributed by atoms with van der Waals surface area (Å²) in [4.78, 5) is 3.38. The van der Waals surface area contributed by atoms with Crippen molar-refractivity contribution in [1.29, 1.82) is 0 Å². The smallest absolute Gasteiger partial charge is 0.243 e. The molecule has 0 amide bonds. The van der Waals surface area contributed by atoms with E-state index >= 15 is 0 Å². The largest absolute Gasteiger partial charge is 0.392 e. The zero-order valence-corrected chi connectivity index (χ0v) is 11.3. The minimum Gasteiger partial charge on any atom is -0.392 e. The van der Waals surface area contributed by atoms with E-state index in [0.29, 0.717) is 11.1 Å². The highest BCUT2D eigenvalue weighted by atomic mass is 32.2. The molecule has 0 aliphatic heterocycles. The van der Waals surface area contributed by atoms with Crippen LogP contribution >= 0.6 is 0 Å². The van der Waals surface area contributed by atoms with Gasteiger partial charge in [0.1, 0.15) is 10.7 Å². The minimum absolute atomic E-state index is 0.0129. The molecule has 20 heavy (non-hydrogen) atoms. The van der Waals surface area contributed by atoms with Gasteiger partial charge in [-0.25, -0.2) is 17.5 Å². The molecule has 1 heterocycles. The molecule has 1 aromatic heterocycles. The molecule has 5 nitrogen and oxygen atoms in total. The molecule has 1 aromatic carbocycles. The maximum atomic E-state index is 13.6. The third-order valence-electron chi connectivity index (χ3n) is 2.66. The highest BCUT2D eigenvalue weighted by Crippen LogP contribution is 2.16. The van der Waals surface area contributed by atoms with Gasteiger partial charge in [0.2, 0.25) is 10.0 Å². The zero-order chi connectivity index (χ0) is 14.6. The number of hydrogen-bond acceptors (Lipinski definition) is 4. The van der Waals surface area contributed by atoms with Crippen LogP contribution < -0.4 is 4.72 Å². The highest BCUT2D eigenvalue weighted by molar-refractivity contribution is 7.89. The van der Waals surface area contributed by atoms with Crippen molar-refractivity contribution in [1.82, 2.24) is 9.71 Å². The van der Waals surface area contributed by atoms with Crippen LogP contribution in [0.3, 0.4) is 0 Å². The maximum Gasteiger partial charge on any atom is 0.243 e. The fraction of sp³-hybridized carbons (Fsp3) is 0.154. The lowest BCUT2D eigenvalue weighted by Crippen LogP contribution is -2.24. The number of aliphatic hydroxyl groups is 1. The van der Waals surface area contributed by atoms with Gasteiger partial charge in [-0.2, -0.15) is 0 Å². The standard InChI is InChI=1S/C13H13FN2O3S/c14-12-4-3-10(9-17)6-13(12)20(18,19)16-8-11-2-1-5-15-7-11/h1-7,16-17H,8-9H2. The maximum absolute atomic E-state index is 13.6. The van der Waals surface area contributed by atoms with Crippen LogP contribution in [0.1, 0.15) is 11.1 Å². The molecule has 2 aromatic rings. The Morgan fingerprint density at radius 2 is 2.05 bits per heavy atom. The Bertz CT molecular complexity index is 690. The first-order valence-corrected chi connectivity index (χ1v) is 7.29. The number of sulfonamides is 1. The number of aromatic nitrogens is 1. The third kappa shape index (κ3) is 3.38. The number of nitrogens with zero attached hydrogens (tertiary/aromatic N) is 1. The van der Waals surface area contributed by atoms with Gasteiger partial charge in [-0.3, -0.25) is 4.98 Å². The van der Waals surface area contributed by atoms with Gasteiger partial charge in [0.25, 0.3) is 0 Å². The summed E-state index contributed by atoms with van der Waals surface area (Å²) in [5.41, 5.74) is 0.989. The Kier molecular flexibility index (Phi) is 4.43. The number of hydrogen-bond donors (Lipinski definition) is 2. The van der Waals surface area contributed by atoms with Gasteiger partial charge < -0.3 is 5.11 Å². The normalized spacial score (nSPS) is 11.5. The summed E-state index contributed by atoms with van der Waals surface area (Å²) in [6.07, 6.45) is 3.09. The topological polar surface area (TPSA) is 79.3 Å². The lowest BCUT2D eigenvalue weighted by Gasteiger charge is -2.08. The molecule has 0 radical (unpaired) electrons. The van der Waals surface area contributed by atoms with Crippen molar-refractivity contribution in [3.8, 4) is 0 Å². The van der Waals surface area contributed by atoms with Crippen LogP contribution in [-0.2, 0) is 23.2 Å². The van der Waals surface area contributed by atoms with Gasteiger partial charge in [0.15, 0.2) is 0 Å². The predicted molar refractivity (Wildman–Crippen MR) is 70.6 cm³/mol. The number of halogens is 1. The predicted octanol–water partition coefficient (Wildman–Crippen LogP) is 1.19. The lowest BCUT2D eigenvalue weighted by molar-refractivity contribution is 0.281. The van der Waals surface area contributed by atoms with Gasteiger partial charge in [-0.05, 0) is 29.3 Å². The van der Waals surface area contributed by atoms with Crippen molar-refractivity contribution in [3.63, 3.8) is 0 Å². The summed E-state index contributed by atoms with van der Waals surface area (Å²) in [6, 6.07) is 6.84. The summed E-state index contributed by atoms with van der Waals surface area (Å²) in [5, 5.41) is 8.98. The fourth-order valence-electron chi connectivity index (χ4n) is 1.61. The van der Waals surface area contributed by atoms with Gasteiger partial charge in [0.05, 0.1) is 6.61 Å². The van der Waals surface area contributed by atoms with Crippen molar-refractivity contribution in [2.45, 2.75) is 18.0 Å². The summed E-state index contributed by atoms with van der Waals surface area (Å²) in [5.74, 6) is -0.860. The van der Waals surface area contributed by atoms with Crippen LogP contribution in [0.4, 0.5) is 4.39 Å². The molecule has 2 rings (SSSR count). The van der Waals surface area contributed by atoms with E-state index in [1.807, 2.05) is 0 Å². The Labute approximate surface area is 116 Å². The van der Waals surface area contributed by atoms with Gasteiger partial charge in [-0.15, -0.1) is 0 Å². The second-order valence-corrected chi connectivity index (χ2v) is 5.84. The molecule has 7 heteroatoms. The van der Waals surface area contributed by atoms with Crippen molar-refractivity contribution in [3.05, 3.63) is 59.7 Å². The Balaban J connectivity index is 2.22. The first-order chi connectivity index (χ1) is 9.53. The fourth-order valence-corrected chi connectivity index (χ4v) is 2.75. The van der Waals surface area contributed by atoms with Crippen LogP contribution in [-0.4, -0.2) is 18.5 Å². The van der Waals surface area contributed by atoms with E-state index in [-0.39, 0.29) is 13.2 Å². The van der Waals surface area contributed by atoms with Crippen molar-refractivity contribution in [2.24, 2.45) is 0 Å². The van der Waals surface area contributed by atoms with E-state index in [0.717, 1.165) is 12.1 Å². The highest BCUT2D eigenvalue weighted by Gasteiger charge is 2.19. The minimum atomic E-state index is -3.99. The first kappa shape index (κ1) is 14.6. The molecule has 0 spiro atoms. The number of rotatable bonds is 5. The quantitative estimate of drug-likeness (QED) is 0.868. The molecule has 0 bridgehead atoms. The molecule has 0 aliphatic rings. The Morgan fingerprint density at radius 3 is 2.70 bits per heavy atom. The van der Waals surface area contributed by atoms with Crippen molar-refractivity contribution >= 4 is 10.0 Å². The Hall–Kier alpha value is -1.83. The lowest BCUT2D eigenvalue weighted by atomic mass is 10.2. The van der Waals surface area contributed by atoms with Crippen LogP contribution in [0.25, 0.3) is 0 Å². The molecule has 2 N–H and O–H groups in total. The number of nitrogens with one attached hydrogen (secondary N) is 1. The monoisotopic (exact) mass is 296 g/mol. The number of aliphatic hydroxyl groups excluding tert-OH is 1. The van der Waals surface area contributed by atoms with E-state index in [4.69, 9.17) is 5.11 Å². The van der Waals surface area contributed by atoms with E-state index in [9.17, 15) is 12.8 Å². The third-order valence-corrected chi connectivity index (χ3v) is 4.07. The van der Waals surface area contributed by atoms with E-state index < -0.39 is 20.7 Å². The van der Waals surface area contributed by atoms with Gasteiger partial charge >= 0.3 is 0 Å². The molecule has 106 valence electrons. The summed E-state index contributed by atoms with van der Waals surface area (Å²) in [6.45, 7) is -0.343.